The van der Waals surface area contributed by atoms with Crippen LogP contribution in [0.1, 0.15) is 23.9 Å². The van der Waals surface area contributed by atoms with Crippen LogP contribution in [0.15, 0.2) is 29.3 Å². The average molecular weight is 244 g/mol. The number of H-pyrrole nitrogens is 1. The van der Waals surface area contributed by atoms with E-state index in [0.29, 0.717) is 24.6 Å². The van der Waals surface area contributed by atoms with Crippen LogP contribution in [0.5, 0.6) is 0 Å². The summed E-state index contributed by atoms with van der Waals surface area (Å²) in [7, 11) is 0. The smallest absolute Gasteiger partial charge is 0.252 e. The van der Waals surface area contributed by atoms with E-state index in [1.165, 1.54) is 6.07 Å². The largest absolute Gasteiger partial charge is 0.366 e. The Kier molecular flexibility index (Phi) is 3.72. The molecule has 0 amide bonds. The van der Waals surface area contributed by atoms with E-state index in [1.54, 1.807) is 6.20 Å². The van der Waals surface area contributed by atoms with Crippen molar-refractivity contribution in [2.24, 2.45) is 0 Å². The fraction of sp³-hybridized carbons (Fsp3) is 0.308. The van der Waals surface area contributed by atoms with Gasteiger partial charge in [-0.25, -0.2) is 4.98 Å². The maximum atomic E-state index is 11.4. The maximum absolute atomic E-state index is 11.4. The Hall–Kier alpha value is -2.17. The van der Waals surface area contributed by atoms with Gasteiger partial charge in [0.15, 0.2) is 0 Å². The van der Waals surface area contributed by atoms with E-state index >= 15 is 0 Å². The summed E-state index contributed by atoms with van der Waals surface area (Å²) in [5, 5.41) is 3.16. The molecule has 0 saturated heterocycles. The predicted molar refractivity (Wildman–Crippen MR) is 70.5 cm³/mol. The molecule has 0 aromatic carbocycles. The minimum Gasteiger partial charge on any atom is -0.366 e. The number of aromatic amines is 1. The van der Waals surface area contributed by atoms with Gasteiger partial charge in [-0.05, 0) is 24.1 Å². The van der Waals surface area contributed by atoms with Gasteiger partial charge in [-0.2, -0.15) is 0 Å². The normalized spacial score (nSPS) is 10.3. The molecule has 0 aliphatic heterocycles. The fourth-order valence-electron chi connectivity index (χ4n) is 1.65. The van der Waals surface area contributed by atoms with E-state index in [4.69, 9.17) is 0 Å². The number of nitrogens with one attached hydrogen (secondary N) is 2. The zero-order valence-corrected chi connectivity index (χ0v) is 10.5. The first-order valence-corrected chi connectivity index (χ1v) is 5.92. The number of rotatable bonds is 4. The summed E-state index contributed by atoms with van der Waals surface area (Å²) >= 11 is 0. The molecule has 0 atom stereocenters. The van der Waals surface area contributed by atoms with Crippen LogP contribution in [-0.4, -0.2) is 15.0 Å². The summed E-state index contributed by atoms with van der Waals surface area (Å²) in [6.45, 7) is 4.59. The molecule has 0 bridgehead atoms. The number of nitrogens with zero attached hydrogens (tertiary/aromatic N) is 2. The molecule has 0 fully saturated rings. The number of aryl methyl sites for hydroxylation is 2. The van der Waals surface area contributed by atoms with Crippen LogP contribution in [0.2, 0.25) is 0 Å². The molecular formula is C13H16N4O. The van der Waals surface area contributed by atoms with E-state index in [1.807, 2.05) is 26.1 Å². The van der Waals surface area contributed by atoms with Crippen molar-refractivity contribution >= 4 is 5.82 Å². The molecule has 2 rings (SSSR count). The summed E-state index contributed by atoms with van der Waals surface area (Å²) in [6.07, 6.45) is 4.28. The van der Waals surface area contributed by atoms with E-state index in [-0.39, 0.29) is 5.56 Å². The summed E-state index contributed by atoms with van der Waals surface area (Å²) in [4.78, 5) is 22.5. The Morgan fingerprint density at radius 3 is 3.00 bits per heavy atom. The fourth-order valence-corrected chi connectivity index (χ4v) is 1.65. The molecule has 0 aliphatic carbocycles. The van der Waals surface area contributed by atoms with E-state index < -0.39 is 0 Å². The topological polar surface area (TPSA) is 70.7 Å². The highest BCUT2D eigenvalue weighted by atomic mass is 16.1. The first-order valence-electron chi connectivity index (χ1n) is 5.92. The van der Waals surface area contributed by atoms with Crippen molar-refractivity contribution in [3.8, 4) is 0 Å². The predicted octanol–water partition coefficient (Wildman–Crippen LogP) is 1.65. The zero-order valence-electron chi connectivity index (χ0n) is 10.5. The molecule has 5 nitrogen and oxygen atoms in total. The lowest BCUT2D eigenvalue weighted by Crippen LogP contribution is -2.13. The van der Waals surface area contributed by atoms with E-state index in [2.05, 4.69) is 20.3 Å². The Labute approximate surface area is 105 Å². The minimum absolute atomic E-state index is 0.129. The summed E-state index contributed by atoms with van der Waals surface area (Å²) < 4.78 is 0. The second-order valence-corrected chi connectivity index (χ2v) is 4.09. The lowest BCUT2D eigenvalue weighted by atomic mass is 10.1. The zero-order chi connectivity index (χ0) is 13.0. The van der Waals surface area contributed by atoms with Crippen LogP contribution in [0.3, 0.4) is 0 Å². The summed E-state index contributed by atoms with van der Waals surface area (Å²) in [6, 6.07) is 3.42. The van der Waals surface area contributed by atoms with Gasteiger partial charge in [0, 0.05) is 31.4 Å². The van der Waals surface area contributed by atoms with Crippen molar-refractivity contribution < 1.29 is 0 Å². The molecule has 5 heteroatoms. The SMILES string of the molecule is CCc1nc(NCc2ccncc2C)cc(=O)[nH]1. The second kappa shape index (κ2) is 5.44. The van der Waals surface area contributed by atoms with Crippen LogP contribution in [0, 0.1) is 6.92 Å². The molecule has 2 N–H and O–H groups in total. The summed E-state index contributed by atoms with van der Waals surface area (Å²) in [5.41, 5.74) is 2.13. The van der Waals surface area contributed by atoms with Crippen LogP contribution >= 0.6 is 0 Å². The lowest BCUT2D eigenvalue weighted by Gasteiger charge is -2.08. The Balaban J connectivity index is 2.13. The van der Waals surface area contributed by atoms with Crippen molar-refractivity contribution in [3.05, 3.63) is 51.8 Å². The van der Waals surface area contributed by atoms with Crippen LogP contribution in [0.4, 0.5) is 5.82 Å². The Morgan fingerprint density at radius 1 is 1.44 bits per heavy atom. The van der Waals surface area contributed by atoms with Crippen LogP contribution in [0.25, 0.3) is 0 Å². The van der Waals surface area contributed by atoms with Gasteiger partial charge in [0.1, 0.15) is 11.6 Å². The molecule has 18 heavy (non-hydrogen) atoms. The van der Waals surface area contributed by atoms with Crippen molar-refractivity contribution in [2.75, 3.05) is 5.32 Å². The molecule has 0 unspecified atom stereocenters. The quantitative estimate of drug-likeness (QED) is 0.858. The van der Waals surface area contributed by atoms with E-state index in [0.717, 1.165) is 11.1 Å². The van der Waals surface area contributed by atoms with Crippen molar-refractivity contribution in [1.82, 2.24) is 15.0 Å². The average Bonchev–Trinajstić information content (AvgIpc) is 2.37. The molecule has 2 heterocycles. The Bertz CT molecular complexity index is 592. The first kappa shape index (κ1) is 12.3. The van der Waals surface area contributed by atoms with Gasteiger partial charge in [-0.15, -0.1) is 0 Å². The van der Waals surface area contributed by atoms with Gasteiger partial charge in [0.05, 0.1) is 0 Å². The summed E-state index contributed by atoms with van der Waals surface area (Å²) in [5.74, 6) is 1.29. The molecule has 0 aliphatic rings. The number of pyridine rings is 1. The highest BCUT2D eigenvalue weighted by Crippen LogP contribution is 2.08. The van der Waals surface area contributed by atoms with Crippen LogP contribution < -0.4 is 10.9 Å². The number of aromatic nitrogens is 3. The highest BCUT2D eigenvalue weighted by Gasteiger charge is 2.01. The molecular weight excluding hydrogens is 228 g/mol. The lowest BCUT2D eigenvalue weighted by molar-refractivity contribution is 0.913. The van der Waals surface area contributed by atoms with Crippen molar-refractivity contribution in [3.63, 3.8) is 0 Å². The third-order valence-electron chi connectivity index (χ3n) is 2.72. The second-order valence-electron chi connectivity index (χ2n) is 4.09. The monoisotopic (exact) mass is 244 g/mol. The standard InChI is InChI=1S/C13H16N4O/c1-3-11-16-12(6-13(18)17-11)15-8-10-4-5-14-7-9(10)2/h4-7H,3,8H2,1-2H3,(H2,15,16,17,18). The van der Waals surface area contributed by atoms with Crippen molar-refractivity contribution in [2.45, 2.75) is 26.8 Å². The van der Waals surface area contributed by atoms with E-state index in [9.17, 15) is 4.79 Å². The van der Waals surface area contributed by atoms with Gasteiger partial charge < -0.3 is 10.3 Å². The molecule has 2 aromatic heterocycles. The van der Waals surface area contributed by atoms with Gasteiger partial charge in [-0.1, -0.05) is 6.92 Å². The highest BCUT2D eigenvalue weighted by molar-refractivity contribution is 5.35. The minimum atomic E-state index is -0.129. The van der Waals surface area contributed by atoms with Gasteiger partial charge in [0.2, 0.25) is 0 Å². The molecule has 2 aromatic rings. The maximum Gasteiger partial charge on any atom is 0.252 e. The molecule has 0 spiro atoms. The van der Waals surface area contributed by atoms with Crippen molar-refractivity contribution in [1.29, 1.82) is 0 Å². The molecule has 0 radical (unpaired) electrons. The Morgan fingerprint density at radius 2 is 2.28 bits per heavy atom. The third kappa shape index (κ3) is 2.94. The van der Waals surface area contributed by atoms with Gasteiger partial charge in [-0.3, -0.25) is 9.78 Å². The van der Waals surface area contributed by atoms with Crippen LogP contribution in [-0.2, 0) is 13.0 Å². The number of hydrogen-bond donors (Lipinski definition) is 2. The number of anilines is 1. The molecule has 94 valence electrons. The van der Waals surface area contributed by atoms with Gasteiger partial charge in [0.25, 0.3) is 5.56 Å². The first-order chi connectivity index (χ1) is 8.69. The third-order valence-corrected chi connectivity index (χ3v) is 2.72. The van der Waals surface area contributed by atoms with Gasteiger partial charge >= 0.3 is 0 Å². The number of hydrogen-bond acceptors (Lipinski definition) is 4. The molecule has 0 saturated carbocycles.